The predicted octanol–water partition coefficient (Wildman–Crippen LogP) is 0.403. The largest absolute Gasteiger partial charge is 0.337 e. The second-order valence-corrected chi connectivity index (χ2v) is 5.67. The molecule has 3 N–H and O–H groups in total. The molecule has 0 bridgehead atoms. The first-order valence-electron chi connectivity index (χ1n) is 7.30. The first kappa shape index (κ1) is 12.1. The normalized spacial score (nSPS) is 25.5. The molecule has 2 nitrogen and oxygen atoms in total. The van der Waals surface area contributed by atoms with Crippen molar-refractivity contribution in [2.45, 2.75) is 38.3 Å². The lowest BCUT2D eigenvalue weighted by Crippen LogP contribution is -3.15. The zero-order valence-electron chi connectivity index (χ0n) is 10.9. The molecule has 98 valence electrons. The Hall–Kier alpha value is -0.930. The van der Waals surface area contributed by atoms with Gasteiger partial charge >= 0.3 is 0 Å². The van der Waals surface area contributed by atoms with Gasteiger partial charge in [0.25, 0.3) is 0 Å². The van der Waals surface area contributed by atoms with Crippen molar-refractivity contribution in [1.82, 2.24) is 0 Å². The lowest BCUT2D eigenvalue weighted by atomic mass is 9.94. The van der Waals surface area contributed by atoms with Crippen LogP contribution in [0, 0.1) is 5.82 Å². The summed E-state index contributed by atoms with van der Waals surface area (Å²) in [5.74, 6) is 0.0161. The van der Waals surface area contributed by atoms with Gasteiger partial charge in [-0.1, -0.05) is 12.1 Å². The van der Waals surface area contributed by atoms with Crippen LogP contribution < -0.4 is 10.2 Å². The summed E-state index contributed by atoms with van der Waals surface area (Å²) in [6.07, 6.45) is 5.30. The Labute approximate surface area is 108 Å². The summed E-state index contributed by atoms with van der Waals surface area (Å²) < 4.78 is 14.2. The van der Waals surface area contributed by atoms with Crippen LogP contribution >= 0.6 is 0 Å². The number of halogens is 1. The number of likely N-dealkylation sites (tertiary alicyclic amines) is 1. The minimum Gasteiger partial charge on any atom is -0.337 e. The highest BCUT2D eigenvalue weighted by Crippen LogP contribution is 2.21. The van der Waals surface area contributed by atoms with Gasteiger partial charge in [-0.3, -0.25) is 0 Å². The summed E-state index contributed by atoms with van der Waals surface area (Å²) in [6, 6.07) is 5.95. The van der Waals surface area contributed by atoms with Crippen LogP contribution in [0.15, 0.2) is 18.2 Å². The van der Waals surface area contributed by atoms with Crippen LogP contribution in [0.5, 0.6) is 0 Å². The lowest BCUT2D eigenvalue weighted by Gasteiger charge is -2.31. The molecule has 0 spiro atoms. The van der Waals surface area contributed by atoms with Crippen molar-refractivity contribution >= 4 is 0 Å². The fraction of sp³-hybridized carbons (Fsp3) is 0.600. The van der Waals surface area contributed by atoms with E-state index in [2.05, 4.69) is 11.4 Å². The third kappa shape index (κ3) is 2.29. The molecule has 1 aromatic carbocycles. The Morgan fingerprint density at radius 3 is 2.67 bits per heavy atom. The van der Waals surface area contributed by atoms with Crippen LogP contribution in [-0.2, 0) is 6.54 Å². The summed E-state index contributed by atoms with van der Waals surface area (Å²) in [5.41, 5.74) is 2.22. The van der Waals surface area contributed by atoms with E-state index in [0.29, 0.717) is 6.04 Å². The molecule has 0 aromatic heterocycles. The molecule has 3 heteroatoms. The van der Waals surface area contributed by atoms with Crippen molar-refractivity contribution < 1.29 is 14.6 Å². The second-order valence-electron chi connectivity index (χ2n) is 5.67. The zero-order valence-corrected chi connectivity index (χ0v) is 10.9. The standard InChI is InChI=1S/C15H21FN2/c16-13-7-5-6-12-10-17-11-14(15(12)13)18-8-3-1-2-4-9-18/h5-7,14,17H,1-4,8-11H2/p+2/t14-/m0/s1. The second kappa shape index (κ2) is 5.37. The highest BCUT2D eigenvalue weighted by Gasteiger charge is 2.34. The monoisotopic (exact) mass is 250 g/mol. The van der Waals surface area contributed by atoms with Gasteiger partial charge in [0, 0.05) is 5.56 Å². The molecular formula is C15H23FN2+2. The van der Waals surface area contributed by atoms with Crippen LogP contribution in [-0.4, -0.2) is 19.6 Å². The van der Waals surface area contributed by atoms with Gasteiger partial charge in [-0.2, -0.15) is 0 Å². The van der Waals surface area contributed by atoms with E-state index in [-0.39, 0.29) is 5.82 Å². The molecule has 2 aliphatic rings. The summed E-state index contributed by atoms with van der Waals surface area (Å²) in [4.78, 5) is 1.61. The molecule has 1 aromatic rings. The smallest absolute Gasteiger partial charge is 0.166 e. The first-order chi connectivity index (χ1) is 8.86. The van der Waals surface area contributed by atoms with E-state index in [9.17, 15) is 4.39 Å². The van der Waals surface area contributed by atoms with Gasteiger partial charge < -0.3 is 10.2 Å². The number of hydrogen-bond donors (Lipinski definition) is 2. The minimum atomic E-state index is 0.0161. The number of nitrogens with two attached hydrogens (primary N) is 1. The molecule has 1 atom stereocenters. The lowest BCUT2D eigenvalue weighted by molar-refractivity contribution is -0.947. The van der Waals surface area contributed by atoms with Crippen LogP contribution in [0.2, 0.25) is 0 Å². The van der Waals surface area contributed by atoms with Gasteiger partial charge in [0.1, 0.15) is 18.9 Å². The molecule has 18 heavy (non-hydrogen) atoms. The predicted molar refractivity (Wildman–Crippen MR) is 68.8 cm³/mol. The minimum absolute atomic E-state index is 0.0161. The van der Waals surface area contributed by atoms with Crippen molar-refractivity contribution in [3.05, 3.63) is 35.1 Å². The van der Waals surface area contributed by atoms with Gasteiger partial charge in [-0.05, 0) is 31.7 Å². The number of rotatable bonds is 1. The number of nitrogens with one attached hydrogen (secondary N) is 1. The summed E-state index contributed by atoms with van der Waals surface area (Å²) in [5, 5.41) is 2.34. The maximum atomic E-state index is 14.2. The van der Waals surface area contributed by atoms with Crippen molar-refractivity contribution in [3.8, 4) is 0 Å². The highest BCUT2D eigenvalue weighted by molar-refractivity contribution is 5.30. The maximum absolute atomic E-state index is 14.2. The third-order valence-electron chi connectivity index (χ3n) is 4.50. The Morgan fingerprint density at radius 2 is 1.89 bits per heavy atom. The molecular weight excluding hydrogens is 227 g/mol. The molecule has 0 aliphatic carbocycles. The number of hydrogen-bond acceptors (Lipinski definition) is 0. The summed E-state index contributed by atoms with van der Waals surface area (Å²) in [6.45, 7) is 4.42. The molecule has 1 saturated heterocycles. The SMILES string of the molecule is Fc1cccc2c1[C@@H]([NH+]1CCCCCC1)C[NH2+]C2. The van der Waals surface area contributed by atoms with E-state index in [4.69, 9.17) is 0 Å². The Kier molecular flexibility index (Phi) is 3.62. The molecule has 0 saturated carbocycles. The molecule has 0 amide bonds. The maximum Gasteiger partial charge on any atom is 0.166 e. The fourth-order valence-corrected chi connectivity index (χ4v) is 3.58. The first-order valence-corrected chi connectivity index (χ1v) is 7.30. The van der Waals surface area contributed by atoms with E-state index in [1.54, 1.807) is 11.0 Å². The Morgan fingerprint density at radius 1 is 1.11 bits per heavy atom. The summed E-state index contributed by atoms with van der Waals surface area (Å²) >= 11 is 0. The van der Waals surface area contributed by atoms with Gasteiger partial charge in [-0.15, -0.1) is 0 Å². The van der Waals surface area contributed by atoms with Crippen molar-refractivity contribution in [2.24, 2.45) is 0 Å². The Bertz CT molecular complexity index is 411. The van der Waals surface area contributed by atoms with Gasteiger partial charge in [-0.25, -0.2) is 4.39 Å². The van der Waals surface area contributed by atoms with Crippen LogP contribution in [0.1, 0.15) is 42.9 Å². The number of benzene rings is 1. The van der Waals surface area contributed by atoms with E-state index in [1.807, 2.05) is 6.07 Å². The van der Waals surface area contributed by atoms with E-state index < -0.39 is 0 Å². The zero-order chi connectivity index (χ0) is 12.4. The molecule has 3 rings (SSSR count). The van der Waals surface area contributed by atoms with Gasteiger partial charge in [0.2, 0.25) is 0 Å². The van der Waals surface area contributed by atoms with Crippen LogP contribution in [0.25, 0.3) is 0 Å². The van der Waals surface area contributed by atoms with Crippen molar-refractivity contribution in [3.63, 3.8) is 0 Å². The van der Waals surface area contributed by atoms with E-state index in [1.165, 1.54) is 44.3 Å². The number of quaternary nitrogens is 2. The van der Waals surface area contributed by atoms with Crippen LogP contribution in [0.4, 0.5) is 4.39 Å². The topological polar surface area (TPSA) is 21.1 Å². The molecule has 2 aliphatic heterocycles. The highest BCUT2D eigenvalue weighted by atomic mass is 19.1. The molecule has 1 fully saturated rings. The average Bonchev–Trinajstić information content (AvgIpc) is 2.67. The van der Waals surface area contributed by atoms with Crippen molar-refractivity contribution in [2.75, 3.05) is 19.6 Å². The number of fused-ring (bicyclic) bond motifs is 1. The van der Waals surface area contributed by atoms with Gasteiger partial charge in [0.15, 0.2) is 6.04 Å². The Balaban J connectivity index is 1.90. The average molecular weight is 250 g/mol. The fourth-order valence-electron chi connectivity index (χ4n) is 3.58. The summed E-state index contributed by atoms with van der Waals surface area (Å²) in [7, 11) is 0. The van der Waals surface area contributed by atoms with Crippen molar-refractivity contribution in [1.29, 1.82) is 0 Å². The quantitative estimate of drug-likeness (QED) is 0.720. The third-order valence-corrected chi connectivity index (χ3v) is 4.50. The van der Waals surface area contributed by atoms with E-state index >= 15 is 0 Å². The molecule has 0 radical (unpaired) electrons. The van der Waals surface area contributed by atoms with Gasteiger partial charge in [0.05, 0.1) is 18.7 Å². The van der Waals surface area contributed by atoms with Crippen LogP contribution in [0.3, 0.4) is 0 Å². The van der Waals surface area contributed by atoms with E-state index in [0.717, 1.165) is 18.7 Å². The molecule has 0 unspecified atom stereocenters. The molecule has 2 heterocycles.